The number of benzene rings is 2. The summed E-state index contributed by atoms with van der Waals surface area (Å²) in [4.78, 5) is 11.0. The zero-order valence-electron chi connectivity index (χ0n) is 11.7. The van der Waals surface area contributed by atoms with E-state index in [1.165, 1.54) is 7.11 Å². The Kier molecular flexibility index (Phi) is 4.90. The van der Waals surface area contributed by atoms with E-state index in [1.54, 1.807) is 30.3 Å². The van der Waals surface area contributed by atoms with Crippen molar-refractivity contribution in [3.05, 3.63) is 65.0 Å². The average Bonchev–Trinajstić information content (AvgIpc) is 2.49. The maximum absolute atomic E-state index is 13.9. The van der Waals surface area contributed by atoms with Crippen LogP contribution in [0.5, 0.6) is 5.75 Å². The molecule has 0 aliphatic rings. The predicted octanol–water partition coefficient (Wildman–Crippen LogP) is 2.22. The van der Waals surface area contributed by atoms with E-state index in [2.05, 4.69) is 5.32 Å². The molecule has 0 heterocycles. The number of rotatable bonds is 6. The maximum Gasteiger partial charge on any atom is 0.248 e. The summed E-state index contributed by atoms with van der Waals surface area (Å²) in [5.41, 5.74) is 7.18. The third kappa shape index (κ3) is 3.79. The minimum atomic E-state index is -0.451. The highest BCUT2D eigenvalue weighted by atomic mass is 19.1. The Morgan fingerprint density at radius 3 is 2.52 bits per heavy atom. The molecule has 0 bridgehead atoms. The number of hydrogen-bond acceptors (Lipinski definition) is 3. The van der Waals surface area contributed by atoms with E-state index in [0.717, 1.165) is 5.56 Å². The fourth-order valence-corrected chi connectivity index (χ4v) is 1.98. The van der Waals surface area contributed by atoms with Gasteiger partial charge in [-0.3, -0.25) is 4.79 Å². The zero-order chi connectivity index (χ0) is 15.2. The molecule has 4 nitrogen and oxygen atoms in total. The van der Waals surface area contributed by atoms with Crippen molar-refractivity contribution in [2.75, 3.05) is 7.11 Å². The highest BCUT2D eigenvalue weighted by molar-refractivity contribution is 5.92. The molecular formula is C16H17FN2O2. The molecule has 1 amide bonds. The largest absolute Gasteiger partial charge is 0.494 e. The molecule has 0 unspecified atom stereocenters. The first-order chi connectivity index (χ1) is 10.1. The second kappa shape index (κ2) is 6.85. The van der Waals surface area contributed by atoms with Crippen molar-refractivity contribution in [1.29, 1.82) is 0 Å². The lowest BCUT2D eigenvalue weighted by molar-refractivity contribution is 0.100. The summed E-state index contributed by atoms with van der Waals surface area (Å²) in [5, 5.41) is 3.15. The van der Waals surface area contributed by atoms with Crippen molar-refractivity contribution in [3.63, 3.8) is 0 Å². The van der Waals surface area contributed by atoms with Crippen molar-refractivity contribution in [1.82, 2.24) is 5.32 Å². The van der Waals surface area contributed by atoms with Gasteiger partial charge in [-0.1, -0.05) is 24.3 Å². The van der Waals surface area contributed by atoms with Crippen LogP contribution in [0.3, 0.4) is 0 Å². The molecule has 21 heavy (non-hydrogen) atoms. The van der Waals surface area contributed by atoms with E-state index in [1.807, 2.05) is 12.1 Å². The number of halogens is 1. The van der Waals surface area contributed by atoms with E-state index in [0.29, 0.717) is 24.2 Å². The Hall–Kier alpha value is -2.40. The summed E-state index contributed by atoms with van der Waals surface area (Å²) in [6, 6.07) is 12.0. The number of primary amides is 1. The fourth-order valence-electron chi connectivity index (χ4n) is 1.98. The van der Waals surface area contributed by atoms with Gasteiger partial charge in [0.05, 0.1) is 7.11 Å². The third-order valence-corrected chi connectivity index (χ3v) is 3.15. The highest BCUT2D eigenvalue weighted by Gasteiger charge is 2.07. The second-order valence-corrected chi connectivity index (χ2v) is 4.60. The molecule has 2 rings (SSSR count). The van der Waals surface area contributed by atoms with Crippen molar-refractivity contribution >= 4 is 5.91 Å². The van der Waals surface area contributed by atoms with Crippen LogP contribution < -0.4 is 15.8 Å². The first-order valence-corrected chi connectivity index (χ1v) is 6.52. The monoisotopic (exact) mass is 288 g/mol. The summed E-state index contributed by atoms with van der Waals surface area (Å²) in [7, 11) is 1.44. The number of hydrogen-bond donors (Lipinski definition) is 2. The van der Waals surface area contributed by atoms with Crippen LogP contribution in [0, 0.1) is 5.82 Å². The average molecular weight is 288 g/mol. The van der Waals surface area contributed by atoms with Crippen LogP contribution >= 0.6 is 0 Å². The number of nitrogens with two attached hydrogens (primary N) is 1. The van der Waals surface area contributed by atoms with E-state index < -0.39 is 5.91 Å². The SMILES string of the molecule is COc1cccc(CNCc2ccc(C(N)=O)cc2)c1F. The molecule has 5 heteroatoms. The Balaban J connectivity index is 1.94. The molecule has 0 saturated carbocycles. The van der Waals surface area contributed by atoms with Crippen LogP contribution in [0.15, 0.2) is 42.5 Å². The van der Waals surface area contributed by atoms with Crippen molar-refractivity contribution in [3.8, 4) is 5.75 Å². The summed E-state index contributed by atoms with van der Waals surface area (Å²) in [6.07, 6.45) is 0. The number of amides is 1. The summed E-state index contributed by atoms with van der Waals surface area (Å²) in [6.45, 7) is 0.955. The van der Waals surface area contributed by atoms with Gasteiger partial charge in [0.25, 0.3) is 0 Å². The Morgan fingerprint density at radius 2 is 1.90 bits per heavy atom. The first kappa shape index (κ1) is 15.0. The van der Waals surface area contributed by atoms with Gasteiger partial charge >= 0.3 is 0 Å². The standard InChI is InChI=1S/C16H17FN2O2/c1-21-14-4-2-3-13(15(14)17)10-19-9-11-5-7-12(8-6-11)16(18)20/h2-8,19H,9-10H2,1H3,(H2,18,20). The maximum atomic E-state index is 13.9. The molecule has 0 aliphatic heterocycles. The van der Waals surface area contributed by atoms with Gasteiger partial charge < -0.3 is 15.8 Å². The minimum Gasteiger partial charge on any atom is -0.494 e. The number of carbonyl (C=O) groups is 1. The topological polar surface area (TPSA) is 64.3 Å². The fraction of sp³-hybridized carbons (Fsp3) is 0.188. The molecule has 2 aromatic rings. The van der Waals surface area contributed by atoms with Gasteiger partial charge in [0.15, 0.2) is 11.6 Å². The zero-order valence-corrected chi connectivity index (χ0v) is 11.7. The summed E-state index contributed by atoms with van der Waals surface area (Å²) < 4.78 is 18.9. The number of methoxy groups -OCH3 is 1. The van der Waals surface area contributed by atoms with Crippen molar-refractivity contribution in [2.45, 2.75) is 13.1 Å². The van der Waals surface area contributed by atoms with Crippen LogP contribution in [0.25, 0.3) is 0 Å². The second-order valence-electron chi connectivity index (χ2n) is 4.60. The molecule has 2 aromatic carbocycles. The molecule has 0 atom stereocenters. The van der Waals surface area contributed by atoms with Crippen LogP contribution in [0.4, 0.5) is 4.39 Å². The summed E-state index contributed by atoms with van der Waals surface area (Å²) in [5.74, 6) is -0.565. The molecule has 110 valence electrons. The number of ether oxygens (including phenoxy) is 1. The van der Waals surface area contributed by atoms with E-state index in [4.69, 9.17) is 10.5 Å². The number of nitrogens with one attached hydrogen (secondary N) is 1. The van der Waals surface area contributed by atoms with Crippen LogP contribution in [-0.2, 0) is 13.1 Å². The Labute approximate surface area is 122 Å². The molecule has 0 aliphatic carbocycles. The van der Waals surface area contributed by atoms with Gasteiger partial charge in [0, 0.05) is 24.2 Å². The Bertz CT molecular complexity index is 627. The van der Waals surface area contributed by atoms with Gasteiger partial charge in [0.2, 0.25) is 5.91 Å². The van der Waals surface area contributed by atoms with Gasteiger partial charge in [-0.05, 0) is 23.8 Å². The summed E-state index contributed by atoms with van der Waals surface area (Å²) >= 11 is 0. The molecule has 0 fully saturated rings. The van der Waals surface area contributed by atoms with Crippen LogP contribution in [0.1, 0.15) is 21.5 Å². The number of carbonyl (C=O) groups excluding carboxylic acids is 1. The van der Waals surface area contributed by atoms with Crippen molar-refractivity contribution in [2.24, 2.45) is 5.73 Å². The normalized spacial score (nSPS) is 10.4. The van der Waals surface area contributed by atoms with Crippen molar-refractivity contribution < 1.29 is 13.9 Å². The first-order valence-electron chi connectivity index (χ1n) is 6.52. The van der Waals surface area contributed by atoms with E-state index >= 15 is 0 Å². The smallest absolute Gasteiger partial charge is 0.248 e. The molecule has 0 radical (unpaired) electrons. The molecule has 0 aromatic heterocycles. The van der Waals surface area contributed by atoms with Crippen LogP contribution in [-0.4, -0.2) is 13.0 Å². The predicted molar refractivity (Wildman–Crippen MR) is 78.5 cm³/mol. The molecular weight excluding hydrogens is 271 g/mol. The Morgan fingerprint density at radius 1 is 1.19 bits per heavy atom. The lowest BCUT2D eigenvalue weighted by Crippen LogP contribution is -2.15. The quantitative estimate of drug-likeness (QED) is 0.856. The van der Waals surface area contributed by atoms with Gasteiger partial charge in [-0.15, -0.1) is 0 Å². The third-order valence-electron chi connectivity index (χ3n) is 3.15. The van der Waals surface area contributed by atoms with Gasteiger partial charge in [-0.25, -0.2) is 4.39 Å². The molecule has 3 N–H and O–H groups in total. The minimum absolute atomic E-state index is 0.236. The highest BCUT2D eigenvalue weighted by Crippen LogP contribution is 2.19. The molecule has 0 saturated heterocycles. The van der Waals surface area contributed by atoms with E-state index in [-0.39, 0.29) is 11.6 Å². The molecule has 0 spiro atoms. The lowest BCUT2D eigenvalue weighted by atomic mass is 10.1. The van der Waals surface area contributed by atoms with Gasteiger partial charge in [-0.2, -0.15) is 0 Å². The lowest BCUT2D eigenvalue weighted by Gasteiger charge is -2.09. The van der Waals surface area contributed by atoms with E-state index in [9.17, 15) is 9.18 Å². The van der Waals surface area contributed by atoms with Gasteiger partial charge in [0.1, 0.15) is 0 Å². The van der Waals surface area contributed by atoms with Crippen LogP contribution in [0.2, 0.25) is 0 Å².